The van der Waals surface area contributed by atoms with Gasteiger partial charge in [0.2, 0.25) is 0 Å². The van der Waals surface area contributed by atoms with Crippen molar-refractivity contribution < 1.29 is 14.3 Å². The number of nitrogens with one attached hydrogen (secondary N) is 2. The van der Waals surface area contributed by atoms with E-state index in [1.54, 1.807) is 18.3 Å². The molecule has 0 fully saturated rings. The van der Waals surface area contributed by atoms with Crippen molar-refractivity contribution in [3.8, 4) is 11.5 Å². The standard InChI is InChI=1S/C22H23ClN4O3/c1-27-11-10-24-21(27)20(16-3-5-17(23)6-4-16)26-22(28)25-9-8-15-2-7-18-19(14-15)30-13-12-29-18/h2-7,10-11,14,20H,8-9,12-13H2,1H3,(H2,25,26,28)/t20-/m1/s1. The fourth-order valence-corrected chi connectivity index (χ4v) is 3.48. The number of carbonyl (C=O) groups excluding carboxylic acids is 1. The van der Waals surface area contributed by atoms with Crippen molar-refractivity contribution in [2.75, 3.05) is 19.8 Å². The minimum Gasteiger partial charge on any atom is -0.486 e. The van der Waals surface area contributed by atoms with E-state index in [1.807, 2.05) is 48.1 Å². The molecule has 0 aliphatic carbocycles. The number of aromatic nitrogens is 2. The summed E-state index contributed by atoms with van der Waals surface area (Å²) in [6.07, 6.45) is 4.23. The Bertz CT molecular complexity index is 1020. The summed E-state index contributed by atoms with van der Waals surface area (Å²) in [5.41, 5.74) is 1.97. The summed E-state index contributed by atoms with van der Waals surface area (Å²) in [7, 11) is 1.90. The fraction of sp³-hybridized carbons (Fsp3) is 0.273. The lowest BCUT2D eigenvalue weighted by Crippen LogP contribution is -2.40. The van der Waals surface area contributed by atoms with E-state index in [9.17, 15) is 4.79 Å². The van der Waals surface area contributed by atoms with E-state index in [0.717, 1.165) is 28.5 Å². The highest BCUT2D eigenvalue weighted by atomic mass is 35.5. The van der Waals surface area contributed by atoms with Gasteiger partial charge in [0.1, 0.15) is 25.1 Å². The first kappa shape index (κ1) is 20.1. The molecule has 0 bridgehead atoms. The molecule has 1 aliphatic rings. The molecule has 8 heteroatoms. The van der Waals surface area contributed by atoms with Gasteiger partial charge in [-0.2, -0.15) is 0 Å². The zero-order valence-corrected chi connectivity index (χ0v) is 17.4. The van der Waals surface area contributed by atoms with Gasteiger partial charge in [-0.3, -0.25) is 0 Å². The molecule has 0 saturated heterocycles. The van der Waals surface area contributed by atoms with Crippen LogP contribution < -0.4 is 20.1 Å². The topological polar surface area (TPSA) is 77.4 Å². The van der Waals surface area contributed by atoms with Crippen LogP contribution in [0, 0.1) is 0 Å². The van der Waals surface area contributed by atoms with Crippen LogP contribution in [0.3, 0.4) is 0 Å². The minimum atomic E-state index is -0.392. The number of halogens is 1. The second-order valence-electron chi connectivity index (χ2n) is 7.01. The summed E-state index contributed by atoms with van der Waals surface area (Å²) in [6, 6.07) is 12.6. The van der Waals surface area contributed by atoms with Crippen molar-refractivity contribution in [3.05, 3.63) is 76.8 Å². The molecule has 1 aliphatic heterocycles. The Morgan fingerprint density at radius 2 is 1.93 bits per heavy atom. The van der Waals surface area contributed by atoms with Crippen LogP contribution in [-0.2, 0) is 13.5 Å². The van der Waals surface area contributed by atoms with Crippen molar-refractivity contribution in [2.45, 2.75) is 12.5 Å². The Labute approximate surface area is 180 Å². The number of ether oxygens (including phenoxy) is 2. The number of rotatable bonds is 6. The van der Waals surface area contributed by atoms with Gasteiger partial charge in [0.15, 0.2) is 11.5 Å². The number of carbonyl (C=O) groups is 1. The van der Waals surface area contributed by atoms with Crippen molar-refractivity contribution in [1.29, 1.82) is 0 Å². The molecular formula is C22H23ClN4O3. The molecule has 2 heterocycles. The molecule has 1 aromatic heterocycles. The summed E-state index contributed by atoms with van der Waals surface area (Å²) in [4.78, 5) is 17.0. The zero-order valence-electron chi connectivity index (χ0n) is 16.6. The third-order valence-electron chi connectivity index (χ3n) is 4.90. The molecule has 0 spiro atoms. The van der Waals surface area contributed by atoms with Crippen LogP contribution in [0.4, 0.5) is 4.79 Å². The second-order valence-corrected chi connectivity index (χ2v) is 7.45. The number of imidazole rings is 1. The largest absolute Gasteiger partial charge is 0.486 e. The van der Waals surface area contributed by atoms with E-state index < -0.39 is 6.04 Å². The maximum absolute atomic E-state index is 12.6. The molecule has 156 valence electrons. The monoisotopic (exact) mass is 426 g/mol. The average molecular weight is 427 g/mol. The van der Waals surface area contributed by atoms with Gasteiger partial charge in [-0.1, -0.05) is 29.8 Å². The fourth-order valence-electron chi connectivity index (χ4n) is 3.35. The van der Waals surface area contributed by atoms with Crippen LogP contribution in [0.5, 0.6) is 11.5 Å². The average Bonchev–Trinajstić information content (AvgIpc) is 3.18. The van der Waals surface area contributed by atoms with E-state index in [0.29, 0.717) is 31.2 Å². The lowest BCUT2D eigenvalue weighted by atomic mass is 10.1. The zero-order chi connectivity index (χ0) is 20.9. The smallest absolute Gasteiger partial charge is 0.315 e. The first-order valence-corrected chi connectivity index (χ1v) is 10.1. The number of nitrogens with zero attached hydrogens (tertiary/aromatic N) is 2. The van der Waals surface area contributed by atoms with Gasteiger partial charge >= 0.3 is 6.03 Å². The molecule has 0 radical (unpaired) electrons. The lowest BCUT2D eigenvalue weighted by Gasteiger charge is -2.20. The summed E-state index contributed by atoms with van der Waals surface area (Å²) in [6.45, 7) is 1.61. The van der Waals surface area contributed by atoms with Gasteiger partial charge in [0.05, 0.1) is 0 Å². The third kappa shape index (κ3) is 4.68. The Morgan fingerprint density at radius 1 is 1.17 bits per heavy atom. The highest BCUT2D eigenvalue weighted by molar-refractivity contribution is 6.30. The Kier molecular flexibility index (Phi) is 6.09. The Balaban J connectivity index is 1.38. The number of hydrogen-bond donors (Lipinski definition) is 2. The first-order chi connectivity index (χ1) is 14.6. The molecule has 0 unspecified atom stereocenters. The molecule has 0 saturated carbocycles. The quantitative estimate of drug-likeness (QED) is 0.632. The van der Waals surface area contributed by atoms with Gasteiger partial charge in [-0.25, -0.2) is 9.78 Å². The van der Waals surface area contributed by atoms with Crippen molar-refractivity contribution in [2.24, 2.45) is 7.05 Å². The van der Waals surface area contributed by atoms with Crippen LogP contribution in [0.1, 0.15) is 23.0 Å². The normalized spacial score (nSPS) is 13.5. The van der Waals surface area contributed by atoms with Gasteiger partial charge in [-0.05, 0) is 41.8 Å². The number of aryl methyl sites for hydroxylation is 1. The van der Waals surface area contributed by atoms with E-state index in [2.05, 4.69) is 15.6 Å². The molecule has 7 nitrogen and oxygen atoms in total. The number of urea groups is 1. The summed E-state index contributed by atoms with van der Waals surface area (Å²) >= 11 is 6.01. The van der Waals surface area contributed by atoms with Crippen LogP contribution in [0.2, 0.25) is 5.02 Å². The third-order valence-corrected chi connectivity index (χ3v) is 5.15. The number of hydrogen-bond acceptors (Lipinski definition) is 4. The molecule has 4 rings (SSSR count). The van der Waals surface area contributed by atoms with Gasteiger partial charge in [-0.15, -0.1) is 0 Å². The number of fused-ring (bicyclic) bond motifs is 1. The Morgan fingerprint density at radius 3 is 2.67 bits per heavy atom. The van der Waals surface area contributed by atoms with Crippen molar-refractivity contribution >= 4 is 17.6 Å². The molecule has 30 heavy (non-hydrogen) atoms. The van der Waals surface area contributed by atoms with Crippen LogP contribution in [-0.4, -0.2) is 35.3 Å². The van der Waals surface area contributed by atoms with E-state index in [4.69, 9.17) is 21.1 Å². The first-order valence-electron chi connectivity index (χ1n) is 9.76. The highest BCUT2D eigenvalue weighted by Gasteiger charge is 2.20. The maximum atomic E-state index is 12.6. The van der Waals surface area contributed by atoms with Crippen LogP contribution in [0.25, 0.3) is 0 Å². The van der Waals surface area contributed by atoms with E-state index in [1.165, 1.54) is 0 Å². The van der Waals surface area contributed by atoms with Crippen LogP contribution >= 0.6 is 11.6 Å². The van der Waals surface area contributed by atoms with Gasteiger partial charge < -0.3 is 24.7 Å². The molecule has 2 aromatic carbocycles. The van der Waals surface area contributed by atoms with Crippen molar-refractivity contribution in [3.63, 3.8) is 0 Å². The van der Waals surface area contributed by atoms with Gasteiger partial charge in [0, 0.05) is 31.0 Å². The summed E-state index contributed by atoms with van der Waals surface area (Å²) < 4.78 is 13.0. The minimum absolute atomic E-state index is 0.268. The highest BCUT2D eigenvalue weighted by Crippen LogP contribution is 2.30. The SMILES string of the molecule is Cn1ccnc1[C@H](NC(=O)NCCc1ccc2c(c1)OCCO2)c1ccc(Cl)cc1. The molecule has 2 amide bonds. The van der Waals surface area contributed by atoms with Gasteiger partial charge in [0.25, 0.3) is 0 Å². The van der Waals surface area contributed by atoms with E-state index >= 15 is 0 Å². The van der Waals surface area contributed by atoms with Crippen LogP contribution in [0.15, 0.2) is 54.9 Å². The second kappa shape index (κ2) is 9.09. The van der Waals surface area contributed by atoms with E-state index in [-0.39, 0.29) is 6.03 Å². The summed E-state index contributed by atoms with van der Waals surface area (Å²) in [5, 5.41) is 6.57. The predicted molar refractivity (Wildman–Crippen MR) is 114 cm³/mol. The maximum Gasteiger partial charge on any atom is 0.315 e. The summed E-state index contributed by atoms with van der Waals surface area (Å²) in [5.74, 6) is 2.25. The predicted octanol–water partition coefficient (Wildman–Crippen LogP) is 3.48. The number of benzene rings is 2. The Hall–Kier alpha value is -3.19. The molecule has 1 atom stereocenters. The lowest BCUT2D eigenvalue weighted by molar-refractivity contribution is 0.171. The van der Waals surface area contributed by atoms with Crippen molar-refractivity contribution in [1.82, 2.24) is 20.2 Å². The molecule has 2 N–H and O–H groups in total. The molecular weight excluding hydrogens is 404 g/mol. The number of amides is 2. The molecule has 3 aromatic rings.